The Hall–Kier alpha value is -3.23. The number of aromatic nitrogens is 2. The molecule has 0 aliphatic carbocycles. The normalized spacial score (nSPS) is 11.7. The van der Waals surface area contributed by atoms with E-state index in [4.69, 9.17) is 4.74 Å². The molecule has 0 saturated carbocycles. The van der Waals surface area contributed by atoms with Crippen molar-refractivity contribution in [2.75, 3.05) is 7.05 Å². The molecule has 1 heterocycles. The number of imide groups is 1. The van der Waals surface area contributed by atoms with Gasteiger partial charge in [0, 0.05) is 20.5 Å². The molecule has 1 aromatic heterocycles. The first-order chi connectivity index (χ1) is 12.3. The Morgan fingerprint density at radius 3 is 2.65 bits per heavy atom. The van der Waals surface area contributed by atoms with E-state index < -0.39 is 24.0 Å². The van der Waals surface area contributed by atoms with Crippen molar-refractivity contribution in [3.05, 3.63) is 40.4 Å². The maximum Gasteiger partial charge on any atom is 0.321 e. The number of amides is 3. The molecule has 2 rings (SSSR count). The predicted molar refractivity (Wildman–Crippen MR) is 93.5 cm³/mol. The molecule has 3 amide bonds. The van der Waals surface area contributed by atoms with Gasteiger partial charge < -0.3 is 10.1 Å². The number of carbonyl (C=O) groups is 3. The number of carbonyl (C=O) groups excluding carboxylic acids is 3. The molecule has 0 aliphatic rings. The molecule has 0 saturated heterocycles. The number of benzene rings is 1. The predicted octanol–water partition coefficient (Wildman–Crippen LogP) is 0.253. The van der Waals surface area contributed by atoms with Gasteiger partial charge in [0.2, 0.25) is 0 Å². The van der Waals surface area contributed by atoms with Crippen LogP contribution in [-0.2, 0) is 27.8 Å². The third kappa shape index (κ3) is 4.44. The zero-order valence-electron chi connectivity index (χ0n) is 14.7. The SMILES string of the molecule is CNC(=O)NC(=O)C(C)OC(=O)CCc1nc2ccccc2c(=O)n1C. The summed E-state index contributed by atoms with van der Waals surface area (Å²) in [6, 6.07) is 6.26. The number of hydrogen-bond donors (Lipinski definition) is 2. The fourth-order valence-electron chi connectivity index (χ4n) is 2.29. The minimum Gasteiger partial charge on any atom is -0.453 e. The molecular formula is C17H20N4O5. The summed E-state index contributed by atoms with van der Waals surface area (Å²) in [5.74, 6) is -0.922. The Kier molecular flexibility index (Phi) is 6.05. The molecular weight excluding hydrogens is 340 g/mol. The van der Waals surface area contributed by atoms with Gasteiger partial charge in [-0.05, 0) is 19.1 Å². The minimum atomic E-state index is -1.12. The topological polar surface area (TPSA) is 119 Å². The lowest BCUT2D eigenvalue weighted by atomic mass is 10.2. The summed E-state index contributed by atoms with van der Waals surface area (Å²) in [5.41, 5.74) is 0.356. The monoisotopic (exact) mass is 360 g/mol. The van der Waals surface area contributed by atoms with Gasteiger partial charge >= 0.3 is 12.0 Å². The van der Waals surface area contributed by atoms with Gasteiger partial charge in [0.25, 0.3) is 11.5 Å². The number of nitrogens with one attached hydrogen (secondary N) is 2. The Bertz CT molecular complexity index is 906. The summed E-state index contributed by atoms with van der Waals surface area (Å²) >= 11 is 0. The van der Waals surface area contributed by atoms with Gasteiger partial charge in [-0.2, -0.15) is 0 Å². The van der Waals surface area contributed by atoms with Crippen LogP contribution in [0.2, 0.25) is 0 Å². The van der Waals surface area contributed by atoms with Gasteiger partial charge in [0.1, 0.15) is 5.82 Å². The molecule has 26 heavy (non-hydrogen) atoms. The van der Waals surface area contributed by atoms with Crippen molar-refractivity contribution in [2.45, 2.75) is 25.9 Å². The highest BCUT2D eigenvalue weighted by molar-refractivity contribution is 5.97. The van der Waals surface area contributed by atoms with E-state index in [1.807, 2.05) is 5.32 Å². The standard InChI is InChI=1S/C17H20N4O5/c1-10(15(23)20-17(25)18-2)26-14(22)9-8-13-19-12-7-5-4-6-11(12)16(24)21(13)3/h4-7,10H,8-9H2,1-3H3,(H2,18,20,23,25). The average molecular weight is 360 g/mol. The number of para-hydroxylation sites is 1. The summed E-state index contributed by atoms with van der Waals surface area (Å²) < 4.78 is 6.38. The van der Waals surface area contributed by atoms with Crippen molar-refractivity contribution in [3.63, 3.8) is 0 Å². The third-order valence-corrected chi connectivity index (χ3v) is 3.77. The van der Waals surface area contributed by atoms with E-state index in [0.717, 1.165) is 0 Å². The van der Waals surface area contributed by atoms with Crippen LogP contribution in [0.3, 0.4) is 0 Å². The molecule has 1 atom stereocenters. The largest absolute Gasteiger partial charge is 0.453 e. The molecule has 2 N–H and O–H groups in total. The van der Waals surface area contributed by atoms with E-state index in [1.165, 1.54) is 18.5 Å². The second-order valence-electron chi connectivity index (χ2n) is 5.61. The number of aryl methyl sites for hydroxylation is 1. The molecule has 138 valence electrons. The number of ether oxygens (including phenoxy) is 1. The zero-order chi connectivity index (χ0) is 19.3. The van der Waals surface area contributed by atoms with Gasteiger partial charge in [0.15, 0.2) is 6.10 Å². The highest BCUT2D eigenvalue weighted by atomic mass is 16.5. The summed E-state index contributed by atoms with van der Waals surface area (Å²) in [4.78, 5) is 51.4. The Morgan fingerprint density at radius 2 is 1.96 bits per heavy atom. The molecule has 0 radical (unpaired) electrons. The summed E-state index contributed by atoms with van der Waals surface area (Å²) in [7, 11) is 2.95. The number of nitrogens with zero attached hydrogens (tertiary/aromatic N) is 2. The van der Waals surface area contributed by atoms with Crippen LogP contribution in [0.25, 0.3) is 10.9 Å². The maximum atomic E-state index is 12.3. The van der Waals surface area contributed by atoms with Crippen molar-refractivity contribution in [3.8, 4) is 0 Å². The molecule has 0 aliphatic heterocycles. The van der Waals surface area contributed by atoms with Gasteiger partial charge in [-0.3, -0.25) is 24.3 Å². The van der Waals surface area contributed by atoms with Crippen LogP contribution in [0.15, 0.2) is 29.1 Å². The van der Waals surface area contributed by atoms with Crippen molar-refractivity contribution < 1.29 is 19.1 Å². The first kappa shape index (κ1) is 19.1. The van der Waals surface area contributed by atoms with Crippen LogP contribution in [0.1, 0.15) is 19.2 Å². The zero-order valence-corrected chi connectivity index (χ0v) is 14.7. The van der Waals surface area contributed by atoms with Crippen molar-refractivity contribution in [2.24, 2.45) is 7.05 Å². The van der Waals surface area contributed by atoms with Crippen LogP contribution in [0.5, 0.6) is 0 Å². The Morgan fingerprint density at radius 1 is 1.27 bits per heavy atom. The highest BCUT2D eigenvalue weighted by Crippen LogP contribution is 2.09. The fraction of sp³-hybridized carbons (Fsp3) is 0.353. The molecule has 0 bridgehead atoms. The summed E-state index contributed by atoms with van der Waals surface area (Å²) in [6.07, 6.45) is -0.997. The molecule has 1 unspecified atom stereocenters. The number of esters is 1. The van der Waals surface area contributed by atoms with E-state index in [1.54, 1.807) is 31.3 Å². The second-order valence-corrected chi connectivity index (χ2v) is 5.61. The van der Waals surface area contributed by atoms with Gasteiger partial charge in [-0.25, -0.2) is 9.78 Å². The lowest BCUT2D eigenvalue weighted by Crippen LogP contribution is -2.43. The Labute approximate surface area is 149 Å². The quantitative estimate of drug-likeness (QED) is 0.738. The first-order valence-corrected chi connectivity index (χ1v) is 8.00. The van der Waals surface area contributed by atoms with Gasteiger partial charge in [-0.1, -0.05) is 12.1 Å². The smallest absolute Gasteiger partial charge is 0.321 e. The molecule has 0 spiro atoms. The highest BCUT2D eigenvalue weighted by Gasteiger charge is 2.20. The molecule has 9 heteroatoms. The third-order valence-electron chi connectivity index (χ3n) is 3.77. The number of rotatable bonds is 5. The number of urea groups is 1. The maximum absolute atomic E-state index is 12.3. The molecule has 2 aromatic rings. The minimum absolute atomic E-state index is 0.0593. The van der Waals surface area contributed by atoms with Crippen molar-refractivity contribution in [1.29, 1.82) is 0 Å². The van der Waals surface area contributed by atoms with Crippen LogP contribution in [0.4, 0.5) is 4.79 Å². The number of fused-ring (bicyclic) bond motifs is 1. The molecule has 1 aromatic carbocycles. The van der Waals surface area contributed by atoms with Gasteiger partial charge in [0.05, 0.1) is 17.3 Å². The fourth-order valence-corrected chi connectivity index (χ4v) is 2.29. The van der Waals surface area contributed by atoms with E-state index in [-0.39, 0.29) is 18.4 Å². The molecule has 9 nitrogen and oxygen atoms in total. The van der Waals surface area contributed by atoms with E-state index >= 15 is 0 Å². The van der Waals surface area contributed by atoms with Crippen LogP contribution < -0.4 is 16.2 Å². The average Bonchev–Trinajstić information content (AvgIpc) is 2.63. The van der Waals surface area contributed by atoms with E-state index in [2.05, 4.69) is 10.3 Å². The van der Waals surface area contributed by atoms with E-state index in [9.17, 15) is 19.2 Å². The van der Waals surface area contributed by atoms with E-state index in [0.29, 0.717) is 16.7 Å². The molecule has 0 fully saturated rings. The second kappa shape index (κ2) is 8.24. The van der Waals surface area contributed by atoms with Gasteiger partial charge in [-0.15, -0.1) is 0 Å². The lowest BCUT2D eigenvalue weighted by molar-refractivity contribution is -0.154. The van der Waals surface area contributed by atoms with Crippen molar-refractivity contribution in [1.82, 2.24) is 20.2 Å². The first-order valence-electron chi connectivity index (χ1n) is 8.00. The van der Waals surface area contributed by atoms with Crippen LogP contribution >= 0.6 is 0 Å². The summed E-state index contributed by atoms with van der Waals surface area (Å²) in [6.45, 7) is 1.36. The number of hydrogen-bond acceptors (Lipinski definition) is 6. The Balaban J connectivity index is 2.00. The van der Waals surface area contributed by atoms with Crippen LogP contribution in [0, 0.1) is 0 Å². The lowest BCUT2D eigenvalue weighted by Gasteiger charge is -2.13. The summed E-state index contributed by atoms with van der Waals surface area (Å²) in [5, 5.41) is 4.75. The van der Waals surface area contributed by atoms with Crippen LogP contribution in [-0.4, -0.2) is 40.6 Å². The van der Waals surface area contributed by atoms with Crippen molar-refractivity contribution >= 4 is 28.8 Å².